The third kappa shape index (κ3) is 2.81. The molecule has 1 aromatic rings. The lowest BCUT2D eigenvalue weighted by Crippen LogP contribution is -2.40. The first kappa shape index (κ1) is 13.7. The number of carbonyl (C=O) groups is 1. The van der Waals surface area contributed by atoms with Gasteiger partial charge in [0.15, 0.2) is 0 Å². The molecule has 4 nitrogen and oxygen atoms in total. The van der Waals surface area contributed by atoms with Gasteiger partial charge < -0.3 is 4.79 Å². The summed E-state index contributed by atoms with van der Waals surface area (Å²) in [7, 11) is -3.48. The maximum atomic E-state index is 12.4. The van der Waals surface area contributed by atoms with Gasteiger partial charge in [0.2, 0.25) is 10.0 Å². The van der Waals surface area contributed by atoms with E-state index in [1.165, 1.54) is 4.31 Å². The van der Waals surface area contributed by atoms with E-state index < -0.39 is 10.0 Å². The second-order valence-electron chi connectivity index (χ2n) is 4.36. The van der Waals surface area contributed by atoms with Gasteiger partial charge in [0.25, 0.3) is 0 Å². The number of rotatable bonds is 3. The number of hydrogen-bond donors (Lipinski definition) is 0. The molecule has 0 amide bonds. The molecule has 0 N–H and O–H groups in total. The summed E-state index contributed by atoms with van der Waals surface area (Å²) in [6.45, 7) is 0.775. The molecule has 1 unspecified atom stereocenters. The zero-order valence-electron chi connectivity index (χ0n) is 9.75. The Balaban J connectivity index is 2.28. The number of aldehydes is 1. The van der Waals surface area contributed by atoms with Gasteiger partial charge in [-0.25, -0.2) is 8.42 Å². The van der Waals surface area contributed by atoms with Crippen molar-refractivity contribution in [1.29, 1.82) is 0 Å². The summed E-state index contributed by atoms with van der Waals surface area (Å²) in [5, 5.41) is 0. The van der Waals surface area contributed by atoms with Crippen LogP contribution in [0.5, 0.6) is 0 Å². The van der Waals surface area contributed by atoms with Gasteiger partial charge in [0.05, 0.1) is 4.90 Å². The van der Waals surface area contributed by atoms with Crippen LogP contribution in [0.3, 0.4) is 0 Å². The van der Waals surface area contributed by atoms with Crippen LogP contribution in [0.15, 0.2) is 33.6 Å². The van der Waals surface area contributed by atoms with Crippen molar-refractivity contribution in [2.24, 2.45) is 5.92 Å². The van der Waals surface area contributed by atoms with Crippen molar-refractivity contribution < 1.29 is 13.2 Å². The van der Waals surface area contributed by atoms with E-state index in [2.05, 4.69) is 15.9 Å². The fraction of sp³-hybridized carbons (Fsp3) is 0.417. The van der Waals surface area contributed by atoms with E-state index in [4.69, 9.17) is 0 Å². The van der Waals surface area contributed by atoms with Crippen molar-refractivity contribution in [2.75, 3.05) is 13.1 Å². The Morgan fingerprint density at radius 1 is 1.39 bits per heavy atom. The van der Waals surface area contributed by atoms with Gasteiger partial charge in [0.1, 0.15) is 6.29 Å². The van der Waals surface area contributed by atoms with E-state index in [1.807, 2.05) is 0 Å². The van der Waals surface area contributed by atoms with Gasteiger partial charge in [-0.1, -0.05) is 22.0 Å². The van der Waals surface area contributed by atoms with Crippen LogP contribution in [0.4, 0.5) is 0 Å². The molecule has 1 saturated heterocycles. The lowest BCUT2D eigenvalue weighted by Gasteiger charge is -2.29. The third-order valence-electron chi connectivity index (χ3n) is 3.05. The molecule has 1 fully saturated rings. The molecule has 0 radical (unpaired) electrons. The monoisotopic (exact) mass is 331 g/mol. The smallest absolute Gasteiger partial charge is 0.243 e. The first-order valence-corrected chi connectivity index (χ1v) is 7.98. The molecule has 18 heavy (non-hydrogen) atoms. The number of nitrogens with zero attached hydrogens (tertiary/aromatic N) is 1. The minimum absolute atomic E-state index is 0.180. The largest absolute Gasteiger partial charge is 0.303 e. The number of carbonyl (C=O) groups excluding carboxylic acids is 1. The Morgan fingerprint density at radius 3 is 2.83 bits per heavy atom. The summed E-state index contributed by atoms with van der Waals surface area (Å²) in [6, 6.07) is 6.63. The summed E-state index contributed by atoms with van der Waals surface area (Å²) in [4.78, 5) is 11.1. The van der Waals surface area contributed by atoms with Gasteiger partial charge >= 0.3 is 0 Å². The van der Waals surface area contributed by atoms with Gasteiger partial charge in [-0.3, -0.25) is 0 Å². The average Bonchev–Trinajstić information content (AvgIpc) is 2.39. The highest BCUT2D eigenvalue weighted by molar-refractivity contribution is 9.10. The quantitative estimate of drug-likeness (QED) is 0.796. The highest BCUT2D eigenvalue weighted by Gasteiger charge is 2.29. The number of hydrogen-bond acceptors (Lipinski definition) is 3. The first-order valence-electron chi connectivity index (χ1n) is 5.75. The average molecular weight is 332 g/mol. The Kier molecular flexibility index (Phi) is 4.19. The lowest BCUT2D eigenvalue weighted by molar-refractivity contribution is -0.112. The summed E-state index contributed by atoms with van der Waals surface area (Å²) >= 11 is 3.27. The second-order valence-corrected chi connectivity index (χ2v) is 7.21. The second kappa shape index (κ2) is 5.50. The zero-order valence-corrected chi connectivity index (χ0v) is 12.2. The predicted molar refractivity (Wildman–Crippen MR) is 71.7 cm³/mol. The summed E-state index contributed by atoms with van der Waals surface area (Å²) < 4.78 is 26.9. The Bertz CT molecular complexity index is 544. The van der Waals surface area contributed by atoms with Crippen LogP contribution in [-0.4, -0.2) is 32.1 Å². The molecule has 98 valence electrons. The molecular formula is C12H14BrNO3S. The Morgan fingerprint density at radius 2 is 2.17 bits per heavy atom. The molecule has 1 aromatic carbocycles. The molecular weight excluding hydrogens is 318 g/mol. The van der Waals surface area contributed by atoms with Crippen molar-refractivity contribution in [3.05, 3.63) is 28.7 Å². The van der Waals surface area contributed by atoms with E-state index in [0.717, 1.165) is 23.6 Å². The minimum atomic E-state index is -3.48. The molecule has 0 spiro atoms. The van der Waals surface area contributed by atoms with Crippen LogP contribution in [0.25, 0.3) is 0 Å². The van der Waals surface area contributed by atoms with Crippen LogP contribution < -0.4 is 0 Å². The molecule has 1 aliphatic rings. The Hall–Kier alpha value is -0.720. The molecule has 0 saturated carbocycles. The van der Waals surface area contributed by atoms with Crippen molar-refractivity contribution >= 4 is 32.2 Å². The maximum Gasteiger partial charge on any atom is 0.243 e. The van der Waals surface area contributed by atoms with E-state index in [-0.39, 0.29) is 10.8 Å². The van der Waals surface area contributed by atoms with E-state index in [1.54, 1.807) is 24.3 Å². The fourth-order valence-electron chi connectivity index (χ4n) is 2.08. The number of sulfonamides is 1. The van der Waals surface area contributed by atoms with Crippen LogP contribution in [-0.2, 0) is 14.8 Å². The molecule has 0 aromatic heterocycles. The highest BCUT2D eigenvalue weighted by atomic mass is 79.9. The molecule has 2 rings (SSSR count). The van der Waals surface area contributed by atoms with Crippen molar-refractivity contribution in [3.8, 4) is 0 Å². The summed E-state index contributed by atoms with van der Waals surface area (Å²) in [5.41, 5.74) is 0. The molecule has 1 aliphatic heterocycles. The SMILES string of the molecule is O=CC1CCCN(S(=O)(=O)c2cccc(Br)c2)C1. The molecule has 0 bridgehead atoms. The van der Waals surface area contributed by atoms with Crippen LogP contribution in [0.1, 0.15) is 12.8 Å². The van der Waals surface area contributed by atoms with Crippen molar-refractivity contribution in [2.45, 2.75) is 17.7 Å². The van der Waals surface area contributed by atoms with Gasteiger partial charge in [-0.2, -0.15) is 4.31 Å². The van der Waals surface area contributed by atoms with E-state index in [9.17, 15) is 13.2 Å². The van der Waals surface area contributed by atoms with Crippen LogP contribution >= 0.6 is 15.9 Å². The maximum absolute atomic E-state index is 12.4. The Labute approximate surface area is 115 Å². The number of benzene rings is 1. The minimum Gasteiger partial charge on any atom is -0.303 e. The topological polar surface area (TPSA) is 54.5 Å². The van der Waals surface area contributed by atoms with Gasteiger partial charge in [0, 0.05) is 23.5 Å². The molecule has 1 heterocycles. The number of halogens is 1. The normalized spacial score (nSPS) is 21.7. The fourth-order valence-corrected chi connectivity index (χ4v) is 4.21. The molecule has 0 aliphatic carbocycles. The first-order chi connectivity index (χ1) is 8.54. The van der Waals surface area contributed by atoms with Crippen molar-refractivity contribution in [3.63, 3.8) is 0 Å². The predicted octanol–water partition coefficient (Wildman–Crippen LogP) is 2.05. The lowest BCUT2D eigenvalue weighted by atomic mass is 10.0. The zero-order chi connectivity index (χ0) is 13.2. The number of piperidine rings is 1. The van der Waals surface area contributed by atoms with Gasteiger partial charge in [-0.05, 0) is 31.0 Å². The van der Waals surface area contributed by atoms with Crippen LogP contribution in [0.2, 0.25) is 0 Å². The molecule has 6 heteroatoms. The van der Waals surface area contributed by atoms with E-state index in [0.29, 0.717) is 13.1 Å². The standard InChI is InChI=1S/C12H14BrNO3S/c13-11-4-1-5-12(7-11)18(16,17)14-6-2-3-10(8-14)9-15/h1,4-5,7,9-10H,2-3,6,8H2. The van der Waals surface area contributed by atoms with Gasteiger partial charge in [-0.15, -0.1) is 0 Å². The third-order valence-corrected chi connectivity index (χ3v) is 5.40. The molecule has 1 atom stereocenters. The van der Waals surface area contributed by atoms with E-state index >= 15 is 0 Å². The summed E-state index contributed by atoms with van der Waals surface area (Å²) in [6.07, 6.45) is 2.35. The summed E-state index contributed by atoms with van der Waals surface area (Å²) in [5.74, 6) is -0.180. The van der Waals surface area contributed by atoms with Crippen LogP contribution in [0, 0.1) is 5.92 Å². The van der Waals surface area contributed by atoms with Crippen molar-refractivity contribution in [1.82, 2.24) is 4.31 Å². The highest BCUT2D eigenvalue weighted by Crippen LogP contribution is 2.24.